The first-order valence-electron chi connectivity index (χ1n) is 11.9. The zero-order chi connectivity index (χ0) is 26.5. The molecule has 0 spiro atoms. The van der Waals surface area contributed by atoms with Crippen LogP contribution in [0.5, 0.6) is 5.75 Å². The van der Waals surface area contributed by atoms with Crippen molar-refractivity contribution in [1.29, 1.82) is 0 Å². The topological polar surface area (TPSA) is 75.7 Å². The Morgan fingerprint density at radius 1 is 0.974 bits per heavy atom. The van der Waals surface area contributed by atoms with Gasteiger partial charge in [-0.2, -0.15) is 0 Å². The van der Waals surface area contributed by atoms with E-state index in [0.29, 0.717) is 18.0 Å². The summed E-state index contributed by atoms with van der Waals surface area (Å²) < 4.78 is 6.05. The maximum Gasteiger partial charge on any atom is 0.294 e. The smallest absolute Gasteiger partial charge is 0.294 e. The molecule has 3 amide bonds. The molecule has 6 nitrogen and oxygen atoms in total. The first kappa shape index (κ1) is 25.6. The number of fused-ring (bicyclic) bond motifs is 1. The van der Waals surface area contributed by atoms with Gasteiger partial charge < -0.3 is 10.1 Å². The summed E-state index contributed by atoms with van der Waals surface area (Å²) in [5.74, 6) is -0.275. The Bertz CT molecular complexity index is 1560. The van der Waals surface area contributed by atoms with Crippen LogP contribution in [0, 0.1) is 0 Å². The van der Waals surface area contributed by atoms with Crippen molar-refractivity contribution in [3.05, 3.63) is 107 Å². The Morgan fingerprint density at radius 3 is 2.63 bits per heavy atom. The van der Waals surface area contributed by atoms with Crippen LogP contribution in [0.4, 0.5) is 10.5 Å². The molecule has 1 aliphatic rings. The number of anilines is 1. The molecule has 190 valence electrons. The van der Waals surface area contributed by atoms with Gasteiger partial charge in [0.2, 0.25) is 5.91 Å². The number of carbonyl (C=O) groups excluding carboxylic acids is 3. The Morgan fingerprint density at radius 2 is 1.76 bits per heavy atom. The number of benzene rings is 4. The van der Waals surface area contributed by atoms with Crippen LogP contribution in [-0.4, -0.2) is 34.8 Å². The number of amides is 3. The van der Waals surface area contributed by atoms with Gasteiger partial charge in [-0.1, -0.05) is 60.7 Å². The predicted octanol–water partition coefficient (Wildman–Crippen LogP) is 6.82. The number of ether oxygens (including phenoxy) is 1. The second kappa shape index (κ2) is 11.6. The Balaban J connectivity index is 1.24. The van der Waals surface area contributed by atoms with Crippen LogP contribution in [0.2, 0.25) is 0 Å². The molecule has 0 aromatic heterocycles. The molecule has 0 bridgehead atoms. The van der Waals surface area contributed by atoms with Crippen LogP contribution < -0.4 is 10.1 Å². The van der Waals surface area contributed by atoms with Gasteiger partial charge in [0.05, 0.1) is 4.91 Å². The van der Waals surface area contributed by atoms with E-state index in [2.05, 4.69) is 23.5 Å². The summed E-state index contributed by atoms with van der Waals surface area (Å²) in [4.78, 5) is 40.2. The van der Waals surface area contributed by atoms with E-state index in [1.54, 1.807) is 23.9 Å². The molecule has 1 N–H and O–H groups in total. The van der Waals surface area contributed by atoms with Crippen LogP contribution in [-0.2, 0) is 16.2 Å². The van der Waals surface area contributed by atoms with Gasteiger partial charge in [-0.15, -0.1) is 11.8 Å². The van der Waals surface area contributed by atoms with Gasteiger partial charge in [-0.3, -0.25) is 19.3 Å². The lowest BCUT2D eigenvalue weighted by molar-refractivity contribution is -0.127. The highest BCUT2D eigenvalue weighted by Crippen LogP contribution is 2.33. The molecule has 8 heteroatoms. The highest BCUT2D eigenvalue weighted by atomic mass is 32.2. The molecule has 1 fully saturated rings. The standard InChI is InChI=1S/C30H24N2O4S2/c1-37-25-13-6-11-23(17-25)31-28(33)18-32-29(34)27(38-30(32)35)16-20-7-4-12-24(15-20)36-19-22-10-5-9-21-8-2-3-14-26(21)22/h2-17H,18-19H2,1H3,(H,31,33)/b27-16+. The van der Waals surface area contributed by atoms with Crippen LogP contribution in [0.3, 0.4) is 0 Å². The van der Waals surface area contributed by atoms with E-state index < -0.39 is 17.1 Å². The first-order chi connectivity index (χ1) is 18.5. The predicted molar refractivity (Wildman–Crippen MR) is 154 cm³/mol. The first-order valence-corrected chi connectivity index (χ1v) is 13.9. The Kier molecular flexibility index (Phi) is 7.81. The molecule has 0 saturated carbocycles. The monoisotopic (exact) mass is 540 g/mol. The molecule has 0 atom stereocenters. The third-order valence-electron chi connectivity index (χ3n) is 5.96. The fourth-order valence-electron chi connectivity index (χ4n) is 4.11. The third-order valence-corrected chi connectivity index (χ3v) is 7.59. The van der Waals surface area contributed by atoms with Crippen molar-refractivity contribution in [2.45, 2.75) is 11.5 Å². The Hall–Kier alpha value is -4.01. The lowest BCUT2D eigenvalue weighted by Crippen LogP contribution is -2.36. The molecule has 0 radical (unpaired) electrons. The number of nitrogens with one attached hydrogen (secondary N) is 1. The maximum absolute atomic E-state index is 12.9. The molecular weight excluding hydrogens is 516 g/mol. The van der Waals surface area contributed by atoms with Gasteiger partial charge >= 0.3 is 0 Å². The fraction of sp³-hybridized carbons (Fsp3) is 0.100. The molecule has 1 heterocycles. The summed E-state index contributed by atoms with van der Waals surface area (Å²) in [7, 11) is 0. The number of imide groups is 1. The van der Waals surface area contributed by atoms with E-state index in [9.17, 15) is 14.4 Å². The number of rotatable bonds is 8. The minimum atomic E-state index is -0.491. The van der Waals surface area contributed by atoms with Gasteiger partial charge in [-0.25, -0.2) is 0 Å². The van der Waals surface area contributed by atoms with E-state index in [1.165, 1.54) is 0 Å². The van der Waals surface area contributed by atoms with Gasteiger partial charge in [0, 0.05) is 10.6 Å². The van der Waals surface area contributed by atoms with E-state index >= 15 is 0 Å². The summed E-state index contributed by atoms with van der Waals surface area (Å²) >= 11 is 2.38. The molecule has 4 aromatic carbocycles. The highest BCUT2D eigenvalue weighted by molar-refractivity contribution is 8.18. The Labute approximate surface area is 229 Å². The van der Waals surface area contributed by atoms with E-state index in [-0.39, 0.29) is 11.4 Å². The average molecular weight is 541 g/mol. The molecule has 1 aliphatic heterocycles. The quantitative estimate of drug-likeness (QED) is 0.195. The minimum absolute atomic E-state index is 0.262. The largest absolute Gasteiger partial charge is 0.489 e. The van der Waals surface area contributed by atoms with Crippen molar-refractivity contribution in [2.75, 3.05) is 18.1 Å². The van der Waals surface area contributed by atoms with Crippen molar-refractivity contribution >= 4 is 63.1 Å². The molecule has 1 saturated heterocycles. The molecule has 0 unspecified atom stereocenters. The number of carbonyl (C=O) groups is 3. The van der Waals surface area contributed by atoms with Crippen molar-refractivity contribution < 1.29 is 19.1 Å². The van der Waals surface area contributed by atoms with E-state index in [1.807, 2.05) is 73.0 Å². The van der Waals surface area contributed by atoms with Gasteiger partial charge in [0.15, 0.2) is 0 Å². The highest BCUT2D eigenvalue weighted by Gasteiger charge is 2.36. The van der Waals surface area contributed by atoms with Crippen LogP contribution in [0.25, 0.3) is 16.8 Å². The lowest BCUT2D eigenvalue weighted by Gasteiger charge is -2.13. The molecular formula is C30H24N2O4S2. The number of nitrogens with zero attached hydrogens (tertiary/aromatic N) is 1. The van der Waals surface area contributed by atoms with E-state index in [4.69, 9.17) is 4.74 Å². The summed E-state index contributed by atoms with van der Waals surface area (Å²) in [6, 6.07) is 29.0. The summed E-state index contributed by atoms with van der Waals surface area (Å²) in [6.45, 7) is 0.0516. The molecule has 0 aliphatic carbocycles. The second-order valence-electron chi connectivity index (χ2n) is 8.55. The third kappa shape index (κ3) is 5.93. The van der Waals surface area contributed by atoms with Gasteiger partial charge in [0.25, 0.3) is 11.1 Å². The van der Waals surface area contributed by atoms with Crippen molar-refractivity contribution in [3.8, 4) is 5.75 Å². The molecule has 4 aromatic rings. The van der Waals surface area contributed by atoms with Crippen molar-refractivity contribution in [3.63, 3.8) is 0 Å². The second-order valence-corrected chi connectivity index (χ2v) is 10.4. The lowest BCUT2D eigenvalue weighted by atomic mass is 10.1. The average Bonchev–Trinajstić information content (AvgIpc) is 3.19. The normalized spacial score (nSPS) is 14.3. The molecule has 38 heavy (non-hydrogen) atoms. The van der Waals surface area contributed by atoms with Gasteiger partial charge in [-0.05, 0) is 76.3 Å². The zero-order valence-electron chi connectivity index (χ0n) is 20.5. The molecule has 5 rings (SSSR count). The number of hydrogen-bond donors (Lipinski definition) is 1. The minimum Gasteiger partial charge on any atom is -0.489 e. The summed E-state index contributed by atoms with van der Waals surface area (Å²) in [6.07, 6.45) is 3.59. The summed E-state index contributed by atoms with van der Waals surface area (Å²) in [5.41, 5.74) is 2.42. The van der Waals surface area contributed by atoms with Crippen LogP contribution in [0.1, 0.15) is 11.1 Å². The van der Waals surface area contributed by atoms with Crippen molar-refractivity contribution in [1.82, 2.24) is 4.90 Å². The fourth-order valence-corrected chi connectivity index (χ4v) is 5.40. The number of thioether (sulfide) groups is 2. The van der Waals surface area contributed by atoms with Gasteiger partial charge in [0.1, 0.15) is 18.9 Å². The SMILES string of the molecule is CSc1cccc(NC(=O)CN2C(=O)S/C(=C/c3cccc(OCc4cccc5ccccc45)c3)C2=O)c1. The number of hydrogen-bond acceptors (Lipinski definition) is 6. The van der Waals surface area contributed by atoms with Crippen LogP contribution in [0.15, 0.2) is 101 Å². The van der Waals surface area contributed by atoms with Crippen molar-refractivity contribution in [2.24, 2.45) is 0 Å². The maximum atomic E-state index is 12.9. The van der Waals surface area contributed by atoms with Crippen LogP contribution >= 0.6 is 23.5 Å². The summed E-state index contributed by atoms with van der Waals surface area (Å²) in [5, 5.41) is 4.57. The van der Waals surface area contributed by atoms with E-state index in [0.717, 1.165) is 43.5 Å². The zero-order valence-corrected chi connectivity index (χ0v) is 22.2.